The van der Waals surface area contributed by atoms with Crippen LogP contribution in [-0.4, -0.2) is 24.1 Å². The van der Waals surface area contributed by atoms with Crippen LogP contribution in [0.25, 0.3) is 0 Å². The second-order valence-electron chi connectivity index (χ2n) is 3.45. The van der Waals surface area contributed by atoms with Crippen LogP contribution in [0.2, 0.25) is 0 Å². The summed E-state index contributed by atoms with van der Waals surface area (Å²) in [6.45, 7) is 1.84. The minimum atomic E-state index is 0.360. The number of hydrogen-bond acceptors (Lipinski definition) is 2. The number of aliphatic imine (C=N–C) groups is 1. The third kappa shape index (κ3) is 1.25. The Labute approximate surface area is 66.6 Å². The Hall–Kier alpha value is -0.570. The minimum Gasteiger partial charge on any atom is -0.388 e. The first-order valence-corrected chi connectivity index (χ1v) is 4.21. The predicted molar refractivity (Wildman–Crippen MR) is 43.6 cm³/mol. The molecule has 2 rings (SSSR count). The van der Waals surface area contributed by atoms with Gasteiger partial charge in [0.05, 0.1) is 24.1 Å². The van der Waals surface area contributed by atoms with Crippen LogP contribution in [-0.2, 0) is 4.74 Å². The fourth-order valence-electron chi connectivity index (χ4n) is 2.01. The number of nitrogens with zero attached hydrogens (tertiary/aromatic N) is 1. The lowest BCUT2D eigenvalue weighted by Crippen LogP contribution is -2.23. The Bertz CT molecular complexity index is 187. The van der Waals surface area contributed by atoms with E-state index in [4.69, 9.17) is 10.5 Å². The largest absolute Gasteiger partial charge is 0.388 e. The van der Waals surface area contributed by atoms with Crippen molar-refractivity contribution in [3.8, 4) is 0 Å². The molecule has 11 heavy (non-hydrogen) atoms. The Balaban J connectivity index is 2.03. The molecule has 2 saturated heterocycles. The van der Waals surface area contributed by atoms with E-state index in [1.807, 2.05) is 6.92 Å². The summed E-state index contributed by atoms with van der Waals surface area (Å²) in [6.07, 6.45) is 4.33. The van der Waals surface area contributed by atoms with Crippen LogP contribution in [0.3, 0.4) is 0 Å². The van der Waals surface area contributed by atoms with Crippen molar-refractivity contribution in [2.45, 2.75) is 44.4 Å². The molecule has 0 radical (unpaired) electrons. The molecule has 2 bridgehead atoms. The first-order valence-electron chi connectivity index (χ1n) is 4.21. The molecule has 2 fully saturated rings. The lowest BCUT2D eigenvalue weighted by molar-refractivity contribution is 0.101. The number of nitrogens with two attached hydrogens (primary N) is 1. The molecule has 0 aromatic heterocycles. The van der Waals surface area contributed by atoms with E-state index in [1.165, 1.54) is 12.8 Å². The van der Waals surface area contributed by atoms with Gasteiger partial charge in [0.2, 0.25) is 0 Å². The first-order chi connectivity index (χ1) is 5.25. The van der Waals surface area contributed by atoms with E-state index >= 15 is 0 Å². The highest BCUT2D eigenvalue weighted by Gasteiger charge is 2.40. The van der Waals surface area contributed by atoms with Crippen LogP contribution in [0.15, 0.2) is 4.99 Å². The van der Waals surface area contributed by atoms with E-state index in [9.17, 15) is 0 Å². The average Bonchev–Trinajstić information content (AvgIpc) is 2.45. The van der Waals surface area contributed by atoms with E-state index in [-0.39, 0.29) is 0 Å². The molecular weight excluding hydrogens is 140 g/mol. The molecule has 0 amide bonds. The maximum Gasteiger partial charge on any atom is 0.0910 e. The Morgan fingerprint density at radius 3 is 2.82 bits per heavy atom. The van der Waals surface area contributed by atoms with Crippen molar-refractivity contribution in [1.29, 1.82) is 0 Å². The topological polar surface area (TPSA) is 47.6 Å². The zero-order chi connectivity index (χ0) is 7.84. The average molecular weight is 154 g/mol. The summed E-state index contributed by atoms with van der Waals surface area (Å²) in [7, 11) is 0. The van der Waals surface area contributed by atoms with Crippen molar-refractivity contribution < 1.29 is 4.74 Å². The van der Waals surface area contributed by atoms with Gasteiger partial charge >= 0.3 is 0 Å². The van der Waals surface area contributed by atoms with Gasteiger partial charge in [0, 0.05) is 0 Å². The van der Waals surface area contributed by atoms with E-state index in [2.05, 4.69) is 4.99 Å². The van der Waals surface area contributed by atoms with Crippen LogP contribution in [0, 0.1) is 0 Å². The van der Waals surface area contributed by atoms with E-state index in [0.717, 1.165) is 6.42 Å². The Morgan fingerprint density at radius 1 is 1.55 bits per heavy atom. The van der Waals surface area contributed by atoms with Crippen molar-refractivity contribution >= 4 is 5.84 Å². The molecule has 3 unspecified atom stereocenters. The maximum atomic E-state index is 5.62. The second kappa shape index (κ2) is 2.48. The number of amidine groups is 1. The summed E-state index contributed by atoms with van der Waals surface area (Å²) in [5.41, 5.74) is 5.50. The van der Waals surface area contributed by atoms with Crippen molar-refractivity contribution in [3.63, 3.8) is 0 Å². The van der Waals surface area contributed by atoms with Crippen LogP contribution >= 0.6 is 0 Å². The number of rotatable bonds is 1. The Morgan fingerprint density at radius 2 is 2.36 bits per heavy atom. The monoisotopic (exact) mass is 154 g/mol. The molecule has 0 saturated carbocycles. The van der Waals surface area contributed by atoms with Crippen LogP contribution in [0.1, 0.15) is 26.2 Å². The summed E-state index contributed by atoms with van der Waals surface area (Å²) in [6, 6.07) is 0.360. The van der Waals surface area contributed by atoms with Gasteiger partial charge < -0.3 is 10.5 Å². The van der Waals surface area contributed by atoms with E-state index in [1.54, 1.807) is 0 Å². The van der Waals surface area contributed by atoms with Gasteiger partial charge in [0.25, 0.3) is 0 Å². The van der Waals surface area contributed by atoms with E-state index < -0.39 is 0 Å². The Kier molecular flexibility index (Phi) is 1.60. The fourth-order valence-corrected chi connectivity index (χ4v) is 2.01. The SMILES string of the molecule is CC(N)=NC1CC2CCC1O2. The number of fused-ring (bicyclic) bond motifs is 2. The lowest BCUT2D eigenvalue weighted by atomic mass is 9.96. The fraction of sp³-hybridized carbons (Fsp3) is 0.875. The highest BCUT2D eigenvalue weighted by molar-refractivity contribution is 5.77. The van der Waals surface area contributed by atoms with Crippen LogP contribution < -0.4 is 5.73 Å². The summed E-state index contributed by atoms with van der Waals surface area (Å²) in [5.74, 6) is 0.686. The van der Waals surface area contributed by atoms with Gasteiger partial charge in [-0.05, 0) is 26.2 Å². The minimum absolute atomic E-state index is 0.360. The van der Waals surface area contributed by atoms with Crippen molar-refractivity contribution in [2.75, 3.05) is 0 Å². The summed E-state index contributed by atoms with van der Waals surface area (Å²) >= 11 is 0. The smallest absolute Gasteiger partial charge is 0.0910 e. The molecule has 2 heterocycles. The molecule has 2 N–H and O–H groups in total. The summed E-state index contributed by atoms with van der Waals surface area (Å²) in [4.78, 5) is 4.33. The van der Waals surface area contributed by atoms with Gasteiger partial charge in [-0.2, -0.15) is 0 Å². The molecule has 3 nitrogen and oxygen atoms in total. The highest BCUT2D eigenvalue weighted by atomic mass is 16.5. The summed E-state index contributed by atoms with van der Waals surface area (Å²) < 4.78 is 5.62. The standard InChI is InChI=1S/C8H14N2O/c1-5(9)10-7-4-6-2-3-8(7)11-6/h6-8H,2-4H2,1H3,(H2,9,10). The molecule has 2 aliphatic rings. The quantitative estimate of drug-likeness (QED) is 0.446. The molecule has 62 valence electrons. The third-order valence-electron chi connectivity index (χ3n) is 2.44. The number of ether oxygens (including phenoxy) is 1. The number of hydrogen-bond donors (Lipinski definition) is 1. The molecule has 0 spiro atoms. The molecule has 0 aliphatic carbocycles. The molecule has 3 atom stereocenters. The molecule has 0 aromatic carbocycles. The highest BCUT2D eigenvalue weighted by Crippen LogP contribution is 2.35. The van der Waals surface area contributed by atoms with Crippen molar-refractivity contribution in [1.82, 2.24) is 0 Å². The maximum absolute atomic E-state index is 5.62. The molecule has 3 heteroatoms. The van der Waals surface area contributed by atoms with Crippen LogP contribution in [0.4, 0.5) is 0 Å². The van der Waals surface area contributed by atoms with Crippen molar-refractivity contribution in [2.24, 2.45) is 10.7 Å². The zero-order valence-corrected chi connectivity index (χ0v) is 6.79. The lowest BCUT2D eigenvalue weighted by Gasteiger charge is -2.13. The zero-order valence-electron chi connectivity index (χ0n) is 6.79. The van der Waals surface area contributed by atoms with Gasteiger partial charge in [-0.25, -0.2) is 0 Å². The first kappa shape index (κ1) is 7.10. The van der Waals surface area contributed by atoms with Gasteiger partial charge in [0.15, 0.2) is 0 Å². The van der Waals surface area contributed by atoms with E-state index in [0.29, 0.717) is 24.1 Å². The summed E-state index contributed by atoms with van der Waals surface area (Å²) in [5, 5.41) is 0. The second-order valence-corrected chi connectivity index (χ2v) is 3.45. The van der Waals surface area contributed by atoms with Gasteiger partial charge in [-0.3, -0.25) is 4.99 Å². The van der Waals surface area contributed by atoms with Crippen LogP contribution in [0.5, 0.6) is 0 Å². The van der Waals surface area contributed by atoms with Gasteiger partial charge in [0.1, 0.15) is 0 Å². The van der Waals surface area contributed by atoms with Gasteiger partial charge in [-0.15, -0.1) is 0 Å². The molecular formula is C8H14N2O. The van der Waals surface area contributed by atoms with Gasteiger partial charge in [-0.1, -0.05) is 0 Å². The molecule has 2 aliphatic heterocycles. The molecule has 0 aromatic rings. The predicted octanol–water partition coefficient (Wildman–Crippen LogP) is 0.683. The van der Waals surface area contributed by atoms with Crippen molar-refractivity contribution in [3.05, 3.63) is 0 Å². The normalized spacial score (nSPS) is 43.4. The third-order valence-corrected chi connectivity index (χ3v) is 2.44.